The van der Waals surface area contributed by atoms with E-state index < -0.39 is 28.1 Å². The van der Waals surface area contributed by atoms with Crippen LogP contribution in [0.3, 0.4) is 0 Å². The molecule has 1 heterocycles. The van der Waals surface area contributed by atoms with Gasteiger partial charge in [0.2, 0.25) is 0 Å². The zero-order valence-corrected chi connectivity index (χ0v) is 11.2. The highest BCUT2D eigenvalue weighted by atomic mass is 32.2. The number of hydrogen-bond acceptors (Lipinski definition) is 4. The summed E-state index contributed by atoms with van der Waals surface area (Å²) >= 11 is 0. The minimum atomic E-state index is -3.71. The minimum Gasteiger partial charge on any atom is -0.481 e. The minimum absolute atomic E-state index is 0.00741. The lowest BCUT2D eigenvalue weighted by Crippen LogP contribution is -2.50. The molecule has 0 aromatic rings. The molecule has 0 amide bonds. The van der Waals surface area contributed by atoms with Crippen LogP contribution in [0.15, 0.2) is 0 Å². The van der Waals surface area contributed by atoms with Gasteiger partial charge in [-0.1, -0.05) is 6.92 Å². The van der Waals surface area contributed by atoms with Crippen LogP contribution in [-0.4, -0.2) is 54.6 Å². The van der Waals surface area contributed by atoms with Gasteiger partial charge < -0.3 is 10.2 Å². The van der Waals surface area contributed by atoms with Crippen molar-refractivity contribution < 1.29 is 23.4 Å². The van der Waals surface area contributed by atoms with Crippen molar-refractivity contribution in [1.82, 2.24) is 9.03 Å². The van der Waals surface area contributed by atoms with Gasteiger partial charge in [-0.2, -0.15) is 17.4 Å². The smallest absolute Gasteiger partial charge is 0.307 e. The van der Waals surface area contributed by atoms with Crippen LogP contribution < -0.4 is 4.72 Å². The predicted octanol–water partition coefficient (Wildman–Crippen LogP) is -0.612. The maximum Gasteiger partial charge on any atom is 0.307 e. The van der Waals surface area contributed by atoms with Gasteiger partial charge >= 0.3 is 5.97 Å². The topological polar surface area (TPSA) is 107 Å². The molecule has 0 saturated carbocycles. The highest BCUT2D eigenvalue weighted by Crippen LogP contribution is 2.19. The molecule has 1 aliphatic heterocycles. The van der Waals surface area contributed by atoms with Crippen LogP contribution in [0.4, 0.5) is 0 Å². The van der Waals surface area contributed by atoms with Gasteiger partial charge in [0.25, 0.3) is 10.2 Å². The molecule has 0 spiro atoms. The number of carboxylic acid groups (broad SMARTS) is 1. The molecule has 1 rings (SSSR count). The summed E-state index contributed by atoms with van der Waals surface area (Å²) in [7, 11) is -3.71. The van der Waals surface area contributed by atoms with Crippen LogP contribution >= 0.6 is 0 Å². The molecule has 1 saturated heterocycles. The molecule has 0 aromatic carbocycles. The number of aliphatic hydroxyl groups is 1. The Hall–Kier alpha value is -0.700. The number of hydrogen-bond donors (Lipinski definition) is 3. The number of piperidine rings is 1. The summed E-state index contributed by atoms with van der Waals surface area (Å²) in [6.45, 7) is 1.80. The summed E-state index contributed by atoms with van der Waals surface area (Å²) in [4.78, 5) is 10.9. The Kier molecular flexibility index (Phi) is 5.51. The number of aliphatic carboxylic acids is 1. The zero-order valence-electron chi connectivity index (χ0n) is 10.4. The molecular formula is C10H20N2O5S. The summed E-state index contributed by atoms with van der Waals surface area (Å²) in [6.07, 6.45) is 1.51. The first-order chi connectivity index (χ1) is 8.40. The van der Waals surface area contributed by atoms with Crippen molar-refractivity contribution >= 4 is 16.2 Å². The van der Waals surface area contributed by atoms with E-state index in [1.807, 2.05) is 0 Å². The number of nitrogens with zero attached hydrogens (tertiary/aromatic N) is 1. The Morgan fingerprint density at radius 1 is 1.56 bits per heavy atom. The largest absolute Gasteiger partial charge is 0.481 e. The standard InChI is InChI=1S/C10H20N2O5S/c1-2-9(7-13)11-18(16,17)12-5-3-4-8(6-12)10(14)15/h8-9,11,13H,2-7H2,1H3,(H,14,15). The molecular weight excluding hydrogens is 260 g/mol. The second-order valence-corrected chi connectivity index (χ2v) is 6.15. The molecule has 18 heavy (non-hydrogen) atoms. The van der Waals surface area contributed by atoms with E-state index >= 15 is 0 Å². The lowest BCUT2D eigenvalue weighted by atomic mass is 10.0. The van der Waals surface area contributed by atoms with Crippen molar-refractivity contribution in [2.24, 2.45) is 5.92 Å². The van der Waals surface area contributed by atoms with Gasteiger partial charge in [0, 0.05) is 19.1 Å². The fourth-order valence-corrected chi connectivity index (χ4v) is 3.45. The molecule has 0 aromatic heterocycles. The number of rotatable bonds is 6. The first-order valence-corrected chi connectivity index (χ1v) is 7.45. The van der Waals surface area contributed by atoms with Crippen molar-refractivity contribution in [3.05, 3.63) is 0 Å². The second-order valence-electron chi connectivity index (χ2n) is 4.45. The lowest BCUT2D eigenvalue weighted by Gasteiger charge is -2.31. The third-order valence-corrected chi connectivity index (χ3v) is 4.74. The third kappa shape index (κ3) is 3.91. The van der Waals surface area contributed by atoms with Crippen LogP contribution in [0.5, 0.6) is 0 Å². The van der Waals surface area contributed by atoms with Gasteiger partial charge in [0.1, 0.15) is 0 Å². The Labute approximate surface area is 107 Å². The summed E-state index contributed by atoms with van der Waals surface area (Å²) < 4.78 is 27.5. The summed E-state index contributed by atoms with van der Waals surface area (Å²) in [5.74, 6) is -1.62. The van der Waals surface area contributed by atoms with Crippen molar-refractivity contribution in [2.75, 3.05) is 19.7 Å². The van der Waals surface area contributed by atoms with E-state index in [2.05, 4.69) is 4.72 Å². The van der Waals surface area contributed by atoms with E-state index in [1.165, 1.54) is 0 Å². The second kappa shape index (κ2) is 6.46. The monoisotopic (exact) mass is 280 g/mol. The predicted molar refractivity (Wildman–Crippen MR) is 65.2 cm³/mol. The van der Waals surface area contributed by atoms with E-state index in [-0.39, 0.29) is 13.2 Å². The first kappa shape index (κ1) is 15.4. The number of aliphatic hydroxyl groups excluding tert-OH is 1. The number of carboxylic acids is 1. The fraction of sp³-hybridized carbons (Fsp3) is 0.900. The van der Waals surface area contributed by atoms with Crippen LogP contribution in [0.2, 0.25) is 0 Å². The van der Waals surface area contributed by atoms with Crippen LogP contribution in [0, 0.1) is 5.92 Å². The van der Waals surface area contributed by atoms with E-state index in [1.54, 1.807) is 6.92 Å². The molecule has 1 fully saturated rings. The fourth-order valence-electron chi connectivity index (χ4n) is 1.90. The number of carbonyl (C=O) groups is 1. The van der Waals surface area contributed by atoms with Gasteiger partial charge in [0.15, 0.2) is 0 Å². The molecule has 0 bridgehead atoms. The van der Waals surface area contributed by atoms with Crippen LogP contribution in [0.1, 0.15) is 26.2 Å². The first-order valence-electron chi connectivity index (χ1n) is 6.01. The summed E-state index contributed by atoms with van der Waals surface area (Å²) in [6, 6.07) is -0.528. The lowest BCUT2D eigenvalue weighted by molar-refractivity contribution is -0.142. The van der Waals surface area contributed by atoms with Gasteiger partial charge in [-0.3, -0.25) is 4.79 Å². The molecule has 2 unspecified atom stereocenters. The Bertz CT molecular complexity index is 380. The quantitative estimate of drug-likeness (QED) is 0.601. The molecule has 7 nitrogen and oxygen atoms in total. The van der Waals surface area contributed by atoms with Gasteiger partial charge in [-0.05, 0) is 19.3 Å². The van der Waals surface area contributed by atoms with Gasteiger partial charge in [-0.25, -0.2) is 0 Å². The molecule has 1 aliphatic rings. The Morgan fingerprint density at radius 3 is 2.72 bits per heavy atom. The Balaban J connectivity index is 2.69. The molecule has 2 atom stereocenters. The van der Waals surface area contributed by atoms with Crippen LogP contribution in [0.25, 0.3) is 0 Å². The molecule has 8 heteroatoms. The molecule has 0 aliphatic carbocycles. The maximum absolute atomic E-state index is 12.0. The van der Waals surface area contributed by atoms with Crippen molar-refractivity contribution in [2.45, 2.75) is 32.2 Å². The van der Waals surface area contributed by atoms with Gasteiger partial charge in [0.05, 0.1) is 12.5 Å². The molecule has 106 valence electrons. The highest BCUT2D eigenvalue weighted by Gasteiger charge is 2.32. The maximum atomic E-state index is 12.0. The van der Waals surface area contributed by atoms with E-state index in [9.17, 15) is 13.2 Å². The third-order valence-electron chi connectivity index (χ3n) is 3.10. The summed E-state index contributed by atoms with van der Waals surface area (Å²) in [5.41, 5.74) is 0. The normalized spacial score (nSPS) is 23.8. The van der Waals surface area contributed by atoms with Gasteiger partial charge in [-0.15, -0.1) is 0 Å². The van der Waals surface area contributed by atoms with Crippen molar-refractivity contribution in [1.29, 1.82) is 0 Å². The number of nitrogens with one attached hydrogen (secondary N) is 1. The average Bonchev–Trinajstić information content (AvgIpc) is 2.36. The van der Waals surface area contributed by atoms with E-state index in [0.717, 1.165) is 4.31 Å². The van der Waals surface area contributed by atoms with Crippen molar-refractivity contribution in [3.63, 3.8) is 0 Å². The Morgan fingerprint density at radius 2 is 2.22 bits per heavy atom. The van der Waals surface area contributed by atoms with Crippen molar-refractivity contribution in [3.8, 4) is 0 Å². The average molecular weight is 280 g/mol. The molecule has 0 radical (unpaired) electrons. The highest BCUT2D eigenvalue weighted by molar-refractivity contribution is 7.87. The zero-order chi connectivity index (χ0) is 13.8. The van der Waals surface area contributed by atoms with E-state index in [4.69, 9.17) is 10.2 Å². The molecule has 3 N–H and O–H groups in total. The van der Waals surface area contributed by atoms with Crippen LogP contribution in [-0.2, 0) is 15.0 Å². The SMILES string of the molecule is CCC(CO)NS(=O)(=O)N1CCCC(C(=O)O)C1. The van der Waals surface area contributed by atoms with E-state index in [0.29, 0.717) is 25.8 Å². The summed E-state index contributed by atoms with van der Waals surface area (Å²) in [5, 5.41) is 17.9.